The van der Waals surface area contributed by atoms with Crippen LogP contribution in [0, 0.1) is 17.6 Å². The van der Waals surface area contributed by atoms with Gasteiger partial charge in [-0.1, -0.05) is 0 Å². The zero-order chi connectivity index (χ0) is 19.4. The molecule has 8 heteroatoms. The summed E-state index contributed by atoms with van der Waals surface area (Å²) < 4.78 is 27.7. The van der Waals surface area contributed by atoms with Crippen molar-refractivity contribution in [2.24, 2.45) is 13.0 Å². The maximum Gasteiger partial charge on any atom is 0.268 e. The van der Waals surface area contributed by atoms with Gasteiger partial charge in [-0.3, -0.25) is 9.59 Å². The number of hydrogen-bond donors (Lipinski definition) is 1. The molecule has 2 aromatic rings. The van der Waals surface area contributed by atoms with Gasteiger partial charge in [0, 0.05) is 45.2 Å². The molecular weight excluding hydrogens is 354 g/mol. The maximum absolute atomic E-state index is 13.2. The predicted molar refractivity (Wildman–Crippen MR) is 97.2 cm³/mol. The summed E-state index contributed by atoms with van der Waals surface area (Å²) in [6.07, 6.45) is 3.81. The molecular formula is C19H22F2N4O2. The second-order valence-corrected chi connectivity index (χ2v) is 6.89. The van der Waals surface area contributed by atoms with Crippen LogP contribution >= 0.6 is 0 Å². The van der Waals surface area contributed by atoms with Crippen LogP contribution in [-0.2, 0) is 18.4 Å². The molecule has 1 aromatic carbocycles. The van der Waals surface area contributed by atoms with Crippen molar-refractivity contribution in [3.63, 3.8) is 0 Å². The summed E-state index contributed by atoms with van der Waals surface area (Å²) in [5.74, 6) is -1.34. The molecule has 0 saturated carbocycles. The molecule has 144 valence electrons. The topological polar surface area (TPSA) is 67.2 Å². The quantitative estimate of drug-likeness (QED) is 0.867. The van der Waals surface area contributed by atoms with Gasteiger partial charge >= 0.3 is 0 Å². The Morgan fingerprint density at radius 1 is 1.26 bits per heavy atom. The first-order chi connectivity index (χ1) is 12.9. The Labute approximate surface area is 155 Å². The molecule has 2 heterocycles. The molecule has 6 nitrogen and oxygen atoms in total. The third-order valence-corrected chi connectivity index (χ3v) is 4.72. The molecule has 1 saturated heterocycles. The van der Waals surface area contributed by atoms with Crippen LogP contribution in [0.4, 0.5) is 14.5 Å². The maximum atomic E-state index is 13.2. The van der Waals surface area contributed by atoms with Crippen molar-refractivity contribution in [3.8, 4) is 0 Å². The average Bonchev–Trinajstić information content (AvgIpc) is 2.62. The molecule has 0 aliphatic carbocycles. The lowest BCUT2D eigenvalue weighted by Gasteiger charge is -2.33. The molecule has 1 unspecified atom stereocenters. The van der Waals surface area contributed by atoms with E-state index in [2.05, 4.69) is 15.3 Å². The fourth-order valence-electron chi connectivity index (χ4n) is 3.35. The van der Waals surface area contributed by atoms with Crippen molar-refractivity contribution in [3.05, 3.63) is 58.0 Å². The number of hydrogen-bond acceptors (Lipinski definition) is 4. The van der Waals surface area contributed by atoms with Gasteiger partial charge in [0.05, 0.1) is 11.9 Å². The lowest BCUT2D eigenvalue weighted by atomic mass is 9.94. The van der Waals surface area contributed by atoms with Crippen LogP contribution in [0.2, 0.25) is 0 Å². The number of benzene rings is 1. The fourth-order valence-corrected chi connectivity index (χ4v) is 3.35. The second kappa shape index (κ2) is 8.28. The Morgan fingerprint density at radius 2 is 2.00 bits per heavy atom. The third kappa shape index (κ3) is 5.12. The normalized spacial score (nSPS) is 17.0. The highest BCUT2D eigenvalue weighted by Crippen LogP contribution is 2.23. The van der Waals surface area contributed by atoms with E-state index in [0.717, 1.165) is 31.1 Å². The van der Waals surface area contributed by atoms with Gasteiger partial charge in [-0.05, 0) is 36.5 Å². The van der Waals surface area contributed by atoms with Gasteiger partial charge < -0.3 is 10.2 Å². The van der Waals surface area contributed by atoms with Crippen molar-refractivity contribution in [1.29, 1.82) is 0 Å². The fraction of sp³-hybridized carbons (Fsp3) is 0.421. The average molecular weight is 376 g/mol. The molecule has 1 fully saturated rings. The smallest absolute Gasteiger partial charge is 0.268 e. The Morgan fingerprint density at radius 3 is 2.70 bits per heavy atom. The molecule has 0 radical (unpaired) electrons. The van der Waals surface area contributed by atoms with E-state index in [1.807, 2.05) is 0 Å². The van der Waals surface area contributed by atoms with Crippen LogP contribution in [-0.4, -0.2) is 28.8 Å². The van der Waals surface area contributed by atoms with Crippen LogP contribution in [0.15, 0.2) is 35.3 Å². The second-order valence-electron chi connectivity index (χ2n) is 6.89. The molecule has 0 spiro atoms. The van der Waals surface area contributed by atoms with E-state index in [4.69, 9.17) is 0 Å². The van der Waals surface area contributed by atoms with E-state index >= 15 is 0 Å². The minimum absolute atomic E-state index is 0.0859. The van der Waals surface area contributed by atoms with Crippen molar-refractivity contribution in [2.75, 3.05) is 18.0 Å². The van der Waals surface area contributed by atoms with Crippen molar-refractivity contribution in [1.82, 2.24) is 15.1 Å². The zero-order valence-electron chi connectivity index (χ0n) is 15.1. The van der Waals surface area contributed by atoms with E-state index < -0.39 is 11.6 Å². The van der Waals surface area contributed by atoms with Gasteiger partial charge in [-0.15, -0.1) is 0 Å². The molecule has 1 aromatic heterocycles. The standard InChI is InChI=1S/C19H22F2N4O2/c1-24-19(27)9-17(11-23-24)25-4-2-3-13(12-25)7-18(26)22-10-14-5-15(20)8-16(21)6-14/h5-6,8-9,11,13H,2-4,7,10,12H2,1H3,(H,22,26). The predicted octanol–water partition coefficient (Wildman–Crippen LogP) is 1.98. The minimum atomic E-state index is -0.662. The number of aromatic nitrogens is 2. The number of nitrogens with zero attached hydrogens (tertiary/aromatic N) is 3. The number of nitrogens with one attached hydrogen (secondary N) is 1. The first-order valence-electron chi connectivity index (χ1n) is 8.90. The van der Waals surface area contributed by atoms with Crippen LogP contribution in [0.25, 0.3) is 0 Å². The van der Waals surface area contributed by atoms with Crippen molar-refractivity contribution in [2.45, 2.75) is 25.8 Å². The molecule has 3 rings (SSSR count). The van der Waals surface area contributed by atoms with Gasteiger partial charge in [-0.2, -0.15) is 5.10 Å². The van der Waals surface area contributed by atoms with Gasteiger partial charge in [0.1, 0.15) is 11.6 Å². The van der Waals surface area contributed by atoms with Gasteiger partial charge in [0.25, 0.3) is 5.56 Å². The molecule has 1 amide bonds. The van der Waals surface area contributed by atoms with Crippen molar-refractivity contribution < 1.29 is 13.6 Å². The Hall–Kier alpha value is -2.77. The number of carbonyl (C=O) groups excluding carboxylic acids is 1. The molecule has 0 bridgehead atoms. The van der Waals surface area contributed by atoms with Crippen molar-refractivity contribution >= 4 is 11.6 Å². The van der Waals surface area contributed by atoms with Gasteiger partial charge in [0.2, 0.25) is 5.91 Å². The number of aryl methyl sites for hydroxylation is 1. The minimum Gasteiger partial charge on any atom is -0.370 e. The monoisotopic (exact) mass is 376 g/mol. The van der Waals surface area contributed by atoms with Gasteiger partial charge in [-0.25, -0.2) is 13.5 Å². The Bertz CT molecular complexity index is 864. The Balaban J connectivity index is 1.54. The number of anilines is 1. The van der Waals surface area contributed by atoms with Crippen LogP contribution in [0.1, 0.15) is 24.8 Å². The number of piperidine rings is 1. The summed E-state index contributed by atoms with van der Waals surface area (Å²) in [5, 5.41) is 6.75. The molecule has 1 atom stereocenters. The highest BCUT2D eigenvalue weighted by molar-refractivity contribution is 5.76. The van der Waals surface area contributed by atoms with E-state index in [-0.39, 0.29) is 23.9 Å². The van der Waals surface area contributed by atoms with E-state index in [1.165, 1.54) is 16.8 Å². The summed E-state index contributed by atoms with van der Waals surface area (Å²) in [7, 11) is 1.60. The lowest BCUT2D eigenvalue weighted by molar-refractivity contribution is -0.122. The van der Waals surface area contributed by atoms with Crippen LogP contribution in [0.5, 0.6) is 0 Å². The molecule has 1 aliphatic heterocycles. The van der Waals surface area contributed by atoms with E-state index in [1.54, 1.807) is 19.3 Å². The molecule has 1 aliphatic rings. The first-order valence-corrected chi connectivity index (χ1v) is 8.90. The SMILES string of the molecule is Cn1ncc(N2CCCC(CC(=O)NCc3cc(F)cc(F)c3)C2)cc1=O. The highest BCUT2D eigenvalue weighted by atomic mass is 19.1. The summed E-state index contributed by atoms with van der Waals surface area (Å²) in [6.45, 7) is 1.56. The van der Waals surface area contributed by atoms with Crippen LogP contribution in [0.3, 0.4) is 0 Å². The first kappa shape index (κ1) is 19.0. The summed E-state index contributed by atoms with van der Waals surface area (Å²) in [5.41, 5.74) is 0.977. The Kier molecular flexibility index (Phi) is 5.83. The number of carbonyl (C=O) groups is 1. The number of rotatable bonds is 5. The van der Waals surface area contributed by atoms with Crippen LogP contribution < -0.4 is 15.8 Å². The highest BCUT2D eigenvalue weighted by Gasteiger charge is 2.23. The zero-order valence-corrected chi connectivity index (χ0v) is 15.1. The third-order valence-electron chi connectivity index (χ3n) is 4.72. The van der Waals surface area contributed by atoms with E-state index in [9.17, 15) is 18.4 Å². The number of amides is 1. The summed E-state index contributed by atoms with van der Waals surface area (Å²) in [4.78, 5) is 26.0. The largest absolute Gasteiger partial charge is 0.370 e. The summed E-state index contributed by atoms with van der Waals surface area (Å²) >= 11 is 0. The molecule has 27 heavy (non-hydrogen) atoms. The van der Waals surface area contributed by atoms with E-state index in [0.29, 0.717) is 18.5 Å². The van der Waals surface area contributed by atoms with Gasteiger partial charge in [0.15, 0.2) is 0 Å². The summed E-state index contributed by atoms with van der Waals surface area (Å²) in [6, 6.07) is 4.75. The number of halogens is 2. The molecule has 1 N–H and O–H groups in total. The lowest BCUT2D eigenvalue weighted by Crippen LogP contribution is -2.38.